The third-order valence-electron chi connectivity index (χ3n) is 5.58. The van der Waals surface area contributed by atoms with Crippen LogP contribution in [0.4, 0.5) is 0 Å². The molecule has 2 saturated heterocycles. The molecule has 2 atom stereocenters. The van der Waals surface area contributed by atoms with Gasteiger partial charge in [-0.25, -0.2) is 0 Å². The Morgan fingerprint density at radius 3 is 2.65 bits per heavy atom. The highest BCUT2D eigenvalue weighted by Crippen LogP contribution is 2.37. The first-order chi connectivity index (χ1) is 9.52. The van der Waals surface area contributed by atoms with Crippen molar-refractivity contribution < 1.29 is 4.79 Å². The van der Waals surface area contributed by atoms with Gasteiger partial charge in [0.1, 0.15) is 0 Å². The Kier molecular flexibility index (Phi) is 3.80. The van der Waals surface area contributed by atoms with E-state index in [0.29, 0.717) is 17.9 Å². The third kappa shape index (κ3) is 2.37. The van der Waals surface area contributed by atoms with Crippen molar-refractivity contribution in [1.82, 2.24) is 15.1 Å². The van der Waals surface area contributed by atoms with Gasteiger partial charge in [-0.05, 0) is 52.5 Å². The molecule has 0 aromatic heterocycles. The Hall–Kier alpha value is -0.610. The van der Waals surface area contributed by atoms with E-state index in [-0.39, 0.29) is 11.7 Å². The van der Waals surface area contributed by atoms with Gasteiger partial charge >= 0.3 is 0 Å². The van der Waals surface area contributed by atoms with Crippen molar-refractivity contribution in [2.45, 2.75) is 70.6 Å². The van der Waals surface area contributed by atoms with Gasteiger partial charge in [-0.1, -0.05) is 12.8 Å². The van der Waals surface area contributed by atoms with E-state index in [2.05, 4.69) is 35.9 Å². The standard InChI is InChI=1S/C16H29N3O/c1-12(2)18-9-6-14(10-18)11-19-13(3)17-16(15(19)20)7-4-5-8-16/h12-14,17H,4-11H2,1-3H3. The number of rotatable bonds is 3. The number of nitrogens with zero attached hydrogens (tertiary/aromatic N) is 2. The van der Waals surface area contributed by atoms with Gasteiger partial charge < -0.3 is 9.80 Å². The van der Waals surface area contributed by atoms with Crippen molar-refractivity contribution in [3.8, 4) is 0 Å². The van der Waals surface area contributed by atoms with Crippen LogP contribution in [-0.4, -0.2) is 53.1 Å². The molecular formula is C16H29N3O. The second-order valence-electron chi connectivity index (χ2n) is 7.31. The minimum absolute atomic E-state index is 0.199. The molecule has 0 radical (unpaired) electrons. The van der Waals surface area contributed by atoms with E-state index in [4.69, 9.17) is 0 Å². The van der Waals surface area contributed by atoms with Gasteiger partial charge in [-0.15, -0.1) is 0 Å². The van der Waals surface area contributed by atoms with Crippen LogP contribution in [0.25, 0.3) is 0 Å². The van der Waals surface area contributed by atoms with E-state index >= 15 is 0 Å². The van der Waals surface area contributed by atoms with Crippen molar-refractivity contribution >= 4 is 5.91 Å². The molecule has 4 heteroatoms. The van der Waals surface area contributed by atoms with Crippen molar-refractivity contribution in [1.29, 1.82) is 0 Å². The van der Waals surface area contributed by atoms with Crippen LogP contribution < -0.4 is 5.32 Å². The second kappa shape index (κ2) is 5.30. The van der Waals surface area contributed by atoms with Crippen LogP contribution in [0.15, 0.2) is 0 Å². The molecule has 0 bridgehead atoms. The van der Waals surface area contributed by atoms with Crippen LogP contribution in [0, 0.1) is 5.92 Å². The molecule has 1 amide bonds. The summed E-state index contributed by atoms with van der Waals surface area (Å²) in [6.45, 7) is 9.97. The fourth-order valence-electron chi connectivity index (χ4n) is 4.33. The lowest BCUT2D eigenvalue weighted by atomic mass is 9.97. The van der Waals surface area contributed by atoms with E-state index in [9.17, 15) is 4.79 Å². The Morgan fingerprint density at radius 1 is 1.35 bits per heavy atom. The molecule has 20 heavy (non-hydrogen) atoms. The topological polar surface area (TPSA) is 35.6 Å². The molecule has 1 aliphatic carbocycles. The van der Waals surface area contributed by atoms with Crippen molar-refractivity contribution in [2.24, 2.45) is 5.92 Å². The number of likely N-dealkylation sites (tertiary alicyclic amines) is 1. The molecule has 2 unspecified atom stereocenters. The maximum Gasteiger partial charge on any atom is 0.244 e. The molecular weight excluding hydrogens is 250 g/mol. The van der Waals surface area contributed by atoms with Gasteiger partial charge in [0.05, 0.1) is 11.7 Å². The number of hydrogen-bond acceptors (Lipinski definition) is 3. The number of carbonyl (C=O) groups is 1. The molecule has 1 N–H and O–H groups in total. The lowest BCUT2D eigenvalue weighted by molar-refractivity contribution is -0.133. The molecule has 3 aliphatic rings. The summed E-state index contributed by atoms with van der Waals surface area (Å²) in [6.07, 6.45) is 5.93. The summed E-state index contributed by atoms with van der Waals surface area (Å²) < 4.78 is 0. The minimum Gasteiger partial charge on any atom is -0.325 e. The monoisotopic (exact) mass is 279 g/mol. The van der Waals surface area contributed by atoms with E-state index in [1.54, 1.807) is 0 Å². The number of nitrogens with one attached hydrogen (secondary N) is 1. The quantitative estimate of drug-likeness (QED) is 0.856. The molecule has 0 aromatic carbocycles. The predicted octanol–water partition coefficient (Wildman–Crippen LogP) is 1.81. The summed E-state index contributed by atoms with van der Waals surface area (Å²) in [5.74, 6) is 1.03. The van der Waals surface area contributed by atoms with Crippen molar-refractivity contribution in [3.63, 3.8) is 0 Å². The highest BCUT2D eigenvalue weighted by Gasteiger charge is 2.51. The first kappa shape index (κ1) is 14.3. The Labute approximate surface area is 122 Å². The zero-order valence-corrected chi connectivity index (χ0v) is 13.2. The molecule has 1 saturated carbocycles. The highest BCUT2D eigenvalue weighted by atomic mass is 16.2. The van der Waals surface area contributed by atoms with E-state index in [1.165, 1.54) is 25.8 Å². The molecule has 0 aromatic rings. The summed E-state index contributed by atoms with van der Waals surface area (Å²) in [7, 11) is 0. The summed E-state index contributed by atoms with van der Waals surface area (Å²) in [5, 5.41) is 3.60. The van der Waals surface area contributed by atoms with Gasteiger partial charge in [0.15, 0.2) is 0 Å². The van der Waals surface area contributed by atoms with Crippen LogP contribution >= 0.6 is 0 Å². The Balaban J connectivity index is 1.62. The van der Waals surface area contributed by atoms with Gasteiger partial charge in [-0.3, -0.25) is 10.1 Å². The fraction of sp³-hybridized carbons (Fsp3) is 0.938. The SMILES string of the molecule is CC(C)N1CCC(CN2C(=O)C3(CCCC3)NC2C)C1. The number of amides is 1. The van der Waals surface area contributed by atoms with Gasteiger partial charge in [-0.2, -0.15) is 0 Å². The maximum absolute atomic E-state index is 12.8. The van der Waals surface area contributed by atoms with E-state index in [1.807, 2.05) is 0 Å². The Bertz CT molecular complexity index is 376. The largest absolute Gasteiger partial charge is 0.325 e. The van der Waals surface area contributed by atoms with Gasteiger partial charge in [0, 0.05) is 19.1 Å². The highest BCUT2D eigenvalue weighted by molar-refractivity contribution is 5.89. The minimum atomic E-state index is -0.199. The first-order valence-corrected chi connectivity index (χ1v) is 8.35. The lowest BCUT2D eigenvalue weighted by Gasteiger charge is -2.26. The summed E-state index contributed by atoms with van der Waals surface area (Å²) in [4.78, 5) is 17.5. The smallest absolute Gasteiger partial charge is 0.244 e. The van der Waals surface area contributed by atoms with Crippen LogP contribution in [0.2, 0.25) is 0 Å². The van der Waals surface area contributed by atoms with Crippen LogP contribution in [-0.2, 0) is 4.79 Å². The normalized spacial score (nSPS) is 34.0. The lowest BCUT2D eigenvalue weighted by Crippen LogP contribution is -2.44. The number of hydrogen-bond donors (Lipinski definition) is 1. The number of carbonyl (C=O) groups excluding carboxylic acids is 1. The molecule has 4 nitrogen and oxygen atoms in total. The Morgan fingerprint density at radius 2 is 2.05 bits per heavy atom. The molecule has 3 rings (SSSR count). The average Bonchev–Trinajstić information content (AvgIpc) is 3.08. The molecule has 3 fully saturated rings. The van der Waals surface area contributed by atoms with Crippen molar-refractivity contribution in [3.05, 3.63) is 0 Å². The van der Waals surface area contributed by atoms with Gasteiger partial charge in [0.25, 0.3) is 0 Å². The fourth-order valence-corrected chi connectivity index (χ4v) is 4.33. The van der Waals surface area contributed by atoms with Crippen LogP contribution in [0.1, 0.15) is 52.9 Å². The average molecular weight is 279 g/mol. The van der Waals surface area contributed by atoms with Crippen LogP contribution in [0.3, 0.4) is 0 Å². The zero-order valence-electron chi connectivity index (χ0n) is 13.2. The molecule has 2 aliphatic heterocycles. The second-order valence-corrected chi connectivity index (χ2v) is 7.31. The van der Waals surface area contributed by atoms with E-state index < -0.39 is 0 Å². The molecule has 2 heterocycles. The maximum atomic E-state index is 12.8. The van der Waals surface area contributed by atoms with E-state index in [0.717, 1.165) is 25.9 Å². The summed E-state index contributed by atoms with van der Waals surface area (Å²) in [5.41, 5.74) is -0.199. The van der Waals surface area contributed by atoms with Crippen LogP contribution in [0.5, 0.6) is 0 Å². The zero-order chi connectivity index (χ0) is 14.3. The first-order valence-electron chi connectivity index (χ1n) is 8.35. The summed E-state index contributed by atoms with van der Waals surface area (Å²) >= 11 is 0. The molecule has 114 valence electrons. The molecule has 1 spiro atoms. The third-order valence-corrected chi connectivity index (χ3v) is 5.58. The predicted molar refractivity (Wildman–Crippen MR) is 80.3 cm³/mol. The van der Waals surface area contributed by atoms with Crippen molar-refractivity contribution in [2.75, 3.05) is 19.6 Å². The van der Waals surface area contributed by atoms with Gasteiger partial charge in [0.2, 0.25) is 5.91 Å². The summed E-state index contributed by atoms with van der Waals surface area (Å²) in [6, 6.07) is 0.631.